The molecule has 0 amide bonds. The van der Waals surface area contributed by atoms with Crippen LogP contribution in [0, 0.1) is 0 Å². The van der Waals surface area contributed by atoms with E-state index in [9.17, 15) is 13.5 Å². The maximum atomic E-state index is 11.5. The van der Waals surface area contributed by atoms with Crippen molar-refractivity contribution < 1.29 is 18.6 Å². The molecule has 3 N–H and O–H groups in total. The molecular weight excluding hydrogens is 208 g/mol. The van der Waals surface area contributed by atoms with E-state index in [1.165, 1.54) is 7.05 Å². The van der Waals surface area contributed by atoms with Gasteiger partial charge in [0.25, 0.3) is 10.2 Å². The molecule has 1 heterocycles. The first-order chi connectivity index (χ1) is 6.35. The second kappa shape index (κ2) is 3.74. The first-order valence-electron chi connectivity index (χ1n) is 4.36. The molecule has 7 heteroatoms. The SMILES string of the molecule is CNS(=O)(=O)N1CC(O)CC1(C)CO. The van der Waals surface area contributed by atoms with Gasteiger partial charge in [0.2, 0.25) is 0 Å². The Bertz CT molecular complexity index is 305. The van der Waals surface area contributed by atoms with Crippen LogP contribution in [0.15, 0.2) is 0 Å². The molecule has 0 saturated carbocycles. The second-order valence-electron chi connectivity index (χ2n) is 3.75. The minimum atomic E-state index is -3.59. The van der Waals surface area contributed by atoms with Crippen molar-refractivity contribution in [3.63, 3.8) is 0 Å². The van der Waals surface area contributed by atoms with E-state index in [2.05, 4.69) is 4.72 Å². The van der Waals surface area contributed by atoms with Crippen LogP contribution in [0.2, 0.25) is 0 Å². The summed E-state index contributed by atoms with van der Waals surface area (Å²) in [6.45, 7) is 1.34. The average Bonchev–Trinajstić information content (AvgIpc) is 2.43. The van der Waals surface area contributed by atoms with Crippen molar-refractivity contribution in [3.8, 4) is 0 Å². The van der Waals surface area contributed by atoms with Crippen LogP contribution in [0.3, 0.4) is 0 Å². The molecule has 84 valence electrons. The molecule has 0 radical (unpaired) electrons. The maximum Gasteiger partial charge on any atom is 0.279 e. The van der Waals surface area contributed by atoms with Gasteiger partial charge >= 0.3 is 0 Å². The smallest absolute Gasteiger partial charge is 0.279 e. The van der Waals surface area contributed by atoms with E-state index in [1.54, 1.807) is 6.92 Å². The van der Waals surface area contributed by atoms with Gasteiger partial charge in [0.1, 0.15) is 0 Å². The molecule has 0 aromatic heterocycles. The summed E-state index contributed by atoms with van der Waals surface area (Å²) in [5.41, 5.74) is -0.902. The van der Waals surface area contributed by atoms with E-state index in [1.807, 2.05) is 0 Å². The Morgan fingerprint density at radius 2 is 2.21 bits per heavy atom. The summed E-state index contributed by atoms with van der Waals surface area (Å²) in [5, 5.41) is 18.5. The van der Waals surface area contributed by atoms with Crippen LogP contribution < -0.4 is 4.72 Å². The lowest BCUT2D eigenvalue weighted by atomic mass is 10.0. The molecule has 1 fully saturated rings. The fraction of sp³-hybridized carbons (Fsp3) is 1.00. The number of hydrogen-bond donors (Lipinski definition) is 3. The van der Waals surface area contributed by atoms with E-state index in [0.717, 1.165) is 4.31 Å². The normalized spacial score (nSPS) is 35.0. The predicted octanol–water partition coefficient (Wildman–Crippen LogP) is -1.73. The Kier molecular flexibility index (Phi) is 3.17. The molecule has 1 rings (SSSR count). The number of aliphatic hydroxyl groups is 2. The summed E-state index contributed by atoms with van der Waals surface area (Å²) >= 11 is 0. The fourth-order valence-corrected chi connectivity index (χ4v) is 3.03. The molecule has 0 aromatic carbocycles. The molecule has 2 unspecified atom stereocenters. The number of nitrogens with zero attached hydrogens (tertiary/aromatic N) is 1. The van der Waals surface area contributed by atoms with E-state index >= 15 is 0 Å². The summed E-state index contributed by atoms with van der Waals surface area (Å²) in [4.78, 5) is 0. The summed E-state index contributed by atoms with van der Waals surface area (Å²) in [6.07, 6.45) is -0.458. The third-order valence-electron chi connectivity index (χ3n) is 2.54. The Labute approximate surface area is 83.7 Å². The molecule has 1 aliphatic rings. The van der Waals surface area contributed by atoms with Gasteiger partial charge in [-0.1, -0.05) is 0 Å². The van der Waals surface area contributed by atoms with E-state index in [0.29, 0.717) is 0 Å². The van der Waals surface area contributed by atoms with Crippen molar-refractivity contribution in [3.05, 3.63) is 0 Å². The highest BCUT2D eigenvalue weighted by Crippen LogP contribution is 2.30. The number of aliphatic hydroxyl groups excluding tert-OH is 2. The van der Waals surface area contributed by atoms with Crippen molar-refractivity contribution in [2.45, 2.75) is 25.0 Å². The van der Waals surface area contributed by atoms with E-state index < -0.39 is 21.9 Å². The Morgan fingerprint density at radius 1 is 1.64 bits per heavy atom. The number of nitrogens with one attached hydrogen (secondary N) is 1. The van der Waals surface area contributed by atoms with Gasteiger partial charge in [-0.2, -0.15) is 12.7 Å². The van der Waals surface area contributed by atoms with Crippen LogP contribution in [0.4, 0.5) is 0 Å². The Balaban J connectivity index is 2.99. The molecule has 1 aliphatic heterocycles. The van der Waals surface area contributed by atoms with Gasteiger partial charge in [-0.3, -0.25) is 0 Å². The predicted molar refractivity (Wildman–Crippen MR) is 50.8 cm³/mol. The van der Waals surface area contributed by atoms with Crippen molar-refractivity contribution in [1.82, 2.24) is 9.03 Å². The zero-order valence-corrected chi connectivity index (χ0v) is 9.08. The van der Waals surface area contributed by atoms with Crippen molar-refractivity contribution >= 4 is 10.2 Å². The molecule has 0 bridgehead atoms. The third kappa shape index (κ3) is 1.91. The van der Waals surface area contributed by atoms with Gasteiger partial charge in [0, 0.05) is 13.6 Å². The quantitative estimate of drug-likeness (QED) is 0.531. The fourth-order valence-electron chi connectivity index (χ4n) is 1.73. The Morgan fingerprint density at radius 3 is 2.64 bits per heavy atom. The van der Waals surface area contributed by atoms with Crippen molar-refractivity contribution in [1.29, 1.82) is 0 Å². The van der Waals surface area contributed by atoms with Crippen LogP contribution in [0.5, 0.6) is 0 Å². The summed E-state index contributed by atoms with van der Waals surface area (Å²) in [6, 6.07) is 0. The number of hydrogen-bond acceptors (Lipinski definition) is 4. The molecule has 1 saturated heterocycles. The van der Waals surface area contributed by atoms with Gasteiger partial charge in [-0.25, -0.2) is 4.72 Å². The number of rotatable bonds is 3. The van der Waals surface area contributed by atoms with E-state index in [-0.39, 0.29) is 19.6 Å². The monoisotopic (exact) mass is 224 g/mol. The lowest BCUT2D eigenvalue weighted by Gasteiger charge is -2.31. The van der Waals surface area contributed by atoms with Crippen LogP contribution >= 0.6 is 0 Å². The summed E-state index contributed by atoms with van der Waals surface area (Å²) < 4.78 is 26.3. The van der Waals surface area contributed by atoms with Crippen molar-refractivity contribution in [2.75, 3.05) is 20.2 Å². The Hall–Kier alpha value is -0.210. The van der Waals surface area contributed by atoms with Crippen LogP contribution in [0.25, 0.3) is 0 Å². The van der Waals surface area contributed by atoms with Crippen LogP contribution in [0.1, 0.15) is 13.3 Å². The van der Waals surface area contributed by atoms with Gasteiger partial charge in [-0.15, -0.1) is 0 Å². The van der Waals surface area contributed by atoms with Crippen molar-refractivity contribution in [2.24, 2.45) is 0 Å². The summed E-state index contributed by atoms with van der Waals surface area (Å²) in [7, 11) is -2.28. The highest BCUT2D eigenvalue weighted by atomic mass is 32.2. The maximum absolute atomic E-state index is 11.5. The molecule has 0 aliphatic carbocycles. The topological polar surface area (TPSA) is 89.9 Å². The van der Waals surface area contributed by atoms with E-state index in [4.69, 9.17) is 5.11 Å². The molecular formula is C7H16N2O4S. The van der Waals surface area contributed by atoms with Gasteiger partial charge in [-0.05, 0) is 13.3 Å². The summed E-state index contributed by atoms with van der Waals surface area (Å²) in [5.74, 6) is 0. The van der Waals surface area contributed by atoms with Crippen LogP contribution in [-0.2, 0) is 10.2 Å². The molecule has 0 spiro atoms. The molecule has 2 atom stereocenters. The molecule has 0 aromatic rings. The van der Waals surface area contributed by atoms with Gasteiger partial charge in [0.15, 0.2) is 0 Å². The number of β-amino-alcohol motifs (C(OH)–C–C–N with tert-alkyl or cyclic N) is 1. The second-order valence-corrected chi connectivity index (χ2v) is 5.55. The molecule has 6 nitrogen and oxygen atoms in total. The zero-order valence-electron chi connectivity index (χ0n) is 8.27. The first-order valence-corrected chi connectivity index (χ1v) is 5.80. The lowest BCUT2D eigenvalue weighted by Crippen LogP contribution is -2.51. The minimum absolute atomic E-state index is 0.0280. The zero-order chi connectivity index (χ0) is 11.0. The highest BCUT2D eigenvalue weighted by molar-refractivity contribution is 7.87. The van der Waals surface area contributed by atoms with Crippen LogP contribution in [-0.4, -0.2) is 54.8 Å². The van der Waals surface area contributed by atoms with Gasteiger partial charge < -0.3 is 10.2 Å². The third-order valence-corrected chi connectivity index (χ3v) is 4.23. The minimum Gasteiger partial charge on any atom is -0.394 e. The lowest BCUT2D eigenvalue weighted by molar-refractivity contribution is 0.130. The van der Waals surface area contributed by atoms with Gasteiger partial charge in [0.05, 0.1) is 18.2 Å². The highest BCUT2D eigenvalue weighted by Gasteiger charge is 2.46. The standard InChI is InChI=1S/C7H16N2O4S/c1-7(5-10)3-6(11)4-9(7)14(12,13)8-2/h6,8,10-11H,3-5H2,1-2H3. The molecule has 14 heavy (non-hydrogen) atoms. The first kappa shape index (κ1) is 11.9. The average molecular weight is 224 g/mol. The largest absolute Gasteiger partial charge is 0.394 e.